The van der Waals surface area contributed by atoms with Gasteiger partial charge >= 0.3 is 7.32 Å². The highest BCUT2D eigenvalue weighted by molar-refractivity contribution is 6.30. The largest absolute Gasteiger partial charge is 0.631 e. The summed E-state index contributed by atoms with van der Waals surface area (Å²) >= 11 is 0. The van der Waals surface area contributed by atoms with Crippen LogP contribution in [-0.2, 0) is 0 Å². The molecule has 20 heavy (non-hydrogen) atoms. The van der Waals surface area contributed by atoms with Gasteiger partial charge in [-0.05, 0) is 18.6 Å². The number of ether oxygens (including phenoxy) is 1. The Morgan fingerprint density at radius 1 is 1.00 bits per heavy atom. The van der Waals surface area contributed by atoms with Crippen LogP contribution in [0.2, 0.25) is 0 Å². The van der Waals surface area contributed by atoms with E-state index in [9.17, 15) is 0 Å². The third-order valence-corrected chi connectivity index (χ3v) is 2.45. The molecule has 0 spiro atoms. The van der Waals surface area contributed by atoms with Gasteiger partial charge in [0.05, 0.1) is 12.3 Å². The van der Waals surface area contributed by atoms with Crippen LogP contribution in [0.4, 0.5) is 5.69 Å². The van der Waals surface area contributed by atoms with E-state index in [-0.39, 0.29) is 0 Å². The van der Waals surface area contributed by atoms with E-state index >= 15 is 0 Å². The number of rotatable bonds is 3. The van der Waals surface area contributed by atoms with Crippen LogP contribution >= 0.6 is 0 Å². The summed E-state index contributed by atoms with van der Waals surface area (Å²) in [6.07, 6.45) is 0. The Hall–Kier alpha value is -2.02. The standard InChI is InChI=1S/C14H15NO.BH3O3/c1-2-16-13-10-6-9-12(14(13)15)11-7-4-3-5-8-11;2-1(3)4/h3-10H,2,15H2,1H3;2-4H. The van der Waals surface area contributed by atoms with E-state index < -0.39 is 7.32 Å². The van der Waals surface area contributed by atoms with Crippen LogP contribution in [0.3, 0.4) is 0 Å². The van der Waals surface area contributed by atoms with Crippen molar-refractivity contribution in [3.8, 4) is 16.9 Å². The molecule has 0 amide bonds. The molecule has 0 atom stereocenters. The van der Waals surface area contributed by atoms with Gasteiger partial charge in [-0.2, -0.15) is 0 Å². The average Bonchev–Trinajstić information content (AvgIpc) is 2.42. The van der Waals surface area contributed by atoms with E-state index in [1.807, 2.05) is 55.5 Å². The molecule has 0 bridgehead atoms. The molecule has 0 unspecified atom stereocenters. The van der Waals surface area contributed by atoms with Gasteiger partial charge < -0.3 is 25.5 Å². The lowest BCUT2D eigenvalue weighted by Crippen LogP contribution is -2.07. The number of para-hydroxylation sites is 1. The van der Waals surface area contributed by atoms with Gasteiger partial charge in [0.2, 0.25) is 0 Å². The van der Waals surface area contributed by atoms with E-state index in [0.29, 0.717) is 12.3 Å². The first-order valence-electron chi connectivity index (χ1n) is 6.17. The van der Waals surface area contributed by atoms with E-state index in [4.69, 9.17) is 25.5 Å². The lowest BCUT2D eigenvalue weighted by molar-refractivity contribution is 0.278. The zero-order valence-electron chi connectivity index (χ0n) is 11.2. The fourth-order valence-corrected chi connectivity index (χ4v) is 1.69. The Balaban J connectivity index is 0.000000444. The third-order valence-electron chi connectivity index (χ3n) is 2.45. The molecule has 106 valence electrons. The smallest absolute Gasteiger partial charge is 0.492 e. The molecule has 2 rings (SSSR count). The van der Waals surface area contributed by atoms with Gasteiger partial charge in [-0.3, -0.25) is 0 Å². The van der Waals surface area contributed by atoms with Gasteiger partial charge in [0, 0.05) is 5.56 Å². The summed E-state index contributed by atoms with van der Waals surface area (Å²) < 4.78 is 5.47. The Morgan fingerprint density at radius 3 is 2.15 bits per heavy atom. The predicted molar refractivity (Wildman–Crippen MR) is 79.9 cm³/mol. The monoisotopic (exact) mass is 275 g/mol. The summed E-state index contributed by atoms with van der Waals surface area (Å²) in [5.74, 6) is 0.754. The number of nitrogen functional groups attached to an aromatic ring is 1. The molecule has 0 heterocycles. The Kier molecular flexibility index (Phi) is 6.59. The third kappa shape index (κ3) is 4.93. The minimum absolute atomic E-state index is 0.627. The SMILES string of the molecule is CCOc1cccc(-c2ccccc2)c1N.OB(O)O. The van der Waals surface area contributed by atoms with Crippen molar-refractivity contribution in [1.82, 2.24) is 0 Å². The summed E-state index contributed by atoms with van der Waals surface area (Å²) in [7, 11) is -2.17. The summed E-state index contributed by atoms with van der Waals surface area (Å²) in [5, 5.41) is 21.5. The summed E-state index contributed by atoms with van der Waals surface area (Å²) in [4.78, 5) is 0. The first kappa shape index (κ1) is 16.0. The van der Waals surface area contributed by atoms with Crippen LogP contribution < -0.4 is 10.5 Å². The van der Waals surface area contributed by atoms with Gasteiger partial charge in [0.1, 0.15) is 5.75 Å². The highest BCUT2D eigenvalue weighted by atomic mass is 16.5. The molecule has 0 aromatic heterocycles. The Bertz CT molecular complexity index is 517. The number of nitrogens with two attached hydrogens (primary N) is 1. The molecule has 0 radical (unpaired) electrons. The second kappa shape index (κ2) is 8.21. The van der Waals surface area contributed by atoms with E-state index in [1.54, 1.807) is 0 Å². The topological polar surface area (TPSA) is 95.9 Å². The van der Waals surface area contributed by atoms with Crippen molar-refractivity contribution in [2.45, 2.75) is 6.92 Å². The Morgan fingerprint density at radius 2 is 1.60 bits per heavy atom. The summed E-state index contributed by atoms with van der Waals surface area (Å²) in [6, 6.07) is 15.9. The zero-order valence-corrected chi connectivity index (χ0v) is 11.2. The molecule has 0 saturated carbocycles. The van der Waals surface area contributed by atoms with Crippen molar-refractivity contribution >= 4 is 13.0 Å². The van der Waals surface area contributed by atoms with E-state index in [2.05, 4.69) is 0 Å². The molecule has 0 aliphatic carbocycles. The van der Waals surface area contributed by atoms with Crippen molar-refractivity contribution < 1.29 is 19.8 Å². The van der Waals surface area contributed by atoms with Crippen molar-refractivity contribution in [2.24, 2.45) is 0 Å². The van der Waals surface area contributed by atoms with Crippen LogP contribution in [0.25, 0.3) is 11.1 Å². The lowest BCUT2D eigenvalue weighted by atomic mass is 10.0. The molecule has 0 saturated heterocycles. The minimum atomic E-state index is -2.17. The van der Waals surface area contributed by atoms with Gasteiger partial charge in [-0.15, -0.1) is 0 Å². The van der Waals surface area contributed by atoms with Crippen molar-refractivity contribution in [1.29, 1.82) is 0 Å². The van der Waals surface area contributed by atoms with Gasteiger partial charge in [-0.25, -0.2) is 0 Å². The maximum Gasteiger partial charge on any atom is 0.631 e. The van der Waals surface area contributed by atoms with E-state index in [0.717, 1.165) is 16.9 Å². The van der Waals surface area contributed by atoms with E-state index in [1.165, 1.54) is 0 Å². The molecule has 2 aromatic rings. The maximum absolute atomic E-state index is 7.17. The van der Waals surface area contributed by atoms with Crippen LogP contribution in [-0.4, -0.2) is 29.0 Å². The second-order valence-electron chi connectivity index (χ2n) is 3.86. The number of benzene rings is 2. The molecule has 2 aromatic carbocycles. The normalized spacial score (nSPS) is 9.40. The first-order valence-corrected chi connectivity index (χ1v) is 6.17. The lowest BCUT2D eigenvalue weighted by Gasteiger charge is -2.11. The fourth-order valence-electron chi connectivity index (χ4n) is 1.69. The maximum atomic E-state index is 7.17. The quantitative estimate of drug-likeness (QED) is 0.500. The number of hydrogen-bond donors (Lipinski definition) is 4. The molecular weight excluding hydrogens is 257 g/mol. The Labute approximate surface area is 118 Å². The van der Waals surface area contributed by atoms with Crippen molar-refractivity contribution in [3.63, 3.8) is 0 Å². The first-order chi connectivity index (χ1) is 9.56. The zero-order chi connectivity index (χ0) is 15.0. The molecule has 0 aliphatic rings. The van der Waals surface area contributed by atoms with Crippen molar-refractivity contribution in [2.75, 3.05) is 12.3 Å². The summed E-state index contributed by atoms with van der Waals surface area (Å²) in [5.41, 5.74) is 8.91. The molecule has 5 N–H and O–H groups in total. The highest BCUT2D eigenvalue weighted by Gasteiger charge is 2.06. The van der Waals surface area contributed by atoms with Crippen LogP contribution in [0.15, 0.2) is 48.5 Å². The fraction of sp³-hybridized carbons (Fsp3) is 0.143. The highest BCUT2D eigenvalue weighted by Crippen LogP contribution is 2.32. The molecule has 5 nitrogen and oxygen atoms in total. The van der Waals surface area contributed by atoms with Gasteiger partial charge in [0.25, 0.3) is 0 Å². The molecule has 0 fully saturated rings. The van der Waals surface area contributed by atoms with Crippen LogP contribution in [0.5, 0.6) is 5.75 Å². The second-order valence-corrected chi connectivity index (χ2v) is 3.86. The van der Waals surface area contributed by atoms with Gasteiger partial charge in [0.15, 0.2) is 0 Å². The number of hydrogen-bond acceptors (Lipinski definition) is 5. The van der Waals surface area contributed by atoms with Crippen molar-refractivity contribution in [3.05, 3.63) is 48.5 Å². The van der Waals surface area contributed by atoms with Crippen LogP contribution in [0.1, 0.15) is 6.92 Å². The predicted octanol–water partition coefficient (Wildman–Crippen LogP) is 1.28. The average molecular weight is 275 g/mol. The molecular formula is C14H18BNO4. The summed E-state index contributed by atoms with van der Waals surface area (Å²) in [6.45, 7) is 2.58. The minimum Gasteiger partial charge on any atom is -0.492 e. The molecule has 6 heteroatoms. The number of anilines is 1. The van der Waals surface area contributed by atoms with Crippen LogP contribution in [0, 0.1) is 0 Å². The molecule has 0 aliphatic heterocycles. The van der Waals surface area contributed by atoms with Gasteiger partial charge in [-0.1, -0.05) is 42.5 Å².